The summed E-state index contributed by atoms with van der Waals surface area (Å²) in [5.41, 5.74) is 0. The van der Waals surface area contributed by atoms with Crippen LogP contribution in [0.25, 0.3) is 0 Å². The third-order valence-corrected chi connectivity index (χ3v) is 4.96. The fraction of sp³-hybridized carbons (Fsp3) is 0.500. The van der Waals surface area contributed by atoms with Crippen molar-refractivity contribution in [3.63, 3.8) is 0 Å². The second-order valence-corrected chi connectivity index (χ2v) is 5.96. The van der Waals surface area contributed by atoms with E-state index in [9.17, 15) is 8.42 Å². The van der Waals surface area contributed by atoms with Crippen LogP contribution in [0.2, 0.25) is 0 Å². The van der Waals surface area contributed by atoms with E-state index in [0.29, 0.717) is 18.8 Å². The van der Waals surface area contributed by atoms with E-state index < -0.39 is 10.0 Å². The number of rotatable bonds is 2. The van der Waals surface area contributed by atoms with Gasteiger partial charge in [0.15, 0.2) is 0 Å². The first-order valence-corrected chi connectivity index (χ1v) is 7.29. The van der Waals surface area contributed by atoms with Crippen molar-refractivity contribution in [3.05, 3.63) is 24.3 Å². The summed E-state index contributed by atoms with van der Waals surface area (Å²) in [6.07, 6.45) is 0.716. The average Bonchev–Trinajstić information content (AvgIpc) is 2.44. The summed E-state index contributed by atoms with van der Waals surface area (Å²) in [5.74, 6) is 0.468. The van der Waals surface area contributed by atoms with Crippen LogP contribution >= 0.6 is 0 Å². The smallest absolute Gasteiger partial charge is 0.246 e. The van der Waals surface area contributed by atoms with Crippen LogP contribution in [0, 0.1) is 0 Å². The minimum Gasteiger partial charge on any atom is -0.488 e. The van der Waals surface area contributed by atoms with Gasteiger partial charge in [0.2, 0.25) is 10.0 Å². The van der Waals surface area contributed by atoms with Gasteiger partial charge in [0, 0.05) is 6.54 Å². The van der Waals surface area contributed by atoms with Gasteiger partial charge in [0.25, 0.3) is 0 Å². The summed E-state index contributed by atoms with van der Waals surface area (Å²) in [5, 5.41) is 0. The minimum absolute atomic E-state index is 0.0756. The molecule has 0 N–H and O–H groups in total. The molecular weight excluding hydrogens is 238 g/mol. The SMILES string of the molecule is CC[C@@H]1CN(CC)S(=O)(=O)c2ccccc2O1. The molecule has 0 aromatic heterocycles. The monoisotopic (exact) mass is 255 g/mol. The molecule has 2 rings (SSSR count). The maximum absolute atomic E-state index is 12.4. The molecule has 94 valence electrons. The molecule has 0 saturated heterocycles. The molecule has 1 heterocycles. The zero-order chi connectivity index (χ0) is 12.5. The van der Waals surface area contributed by atoms with Crippen LogP contribution in [0.4, 0.5) is 0 Å². The highest BCUT2D eigenvalue weighted by atomic mass is 32.2. The number of hydrogen-bond acceptors (Lipinski definition) is 3. The van der Waals surface area contributed by atoms with Crippen molar-refractivity contribution >= 4 is 10.0 Å². The molecule has 1 atom stereocenters. The molecule has 0 aliphatic carbocycles. The normalized spacial score (nSPS) is 23.5. The number of para-hydroxylation sites is 1. The molecule has 0 radical (unpaired) electrons. The third kappa shape index (κ3) is 2.17. The van der Waals surface area contributed by atoms with Crippen LogP contribution in [0.5, 0.6) is 5.75 Å². The number of ether oxygens (including phenoxy) is 1. The molecule has 0 unspecified atom stereocenters. The summed E-state index contributed by atoms with van der Waals surface area (Å²) in [7, 11) is -3.40. The van der Waals surface area contributed by atoms with Gasteiger partial charge in [0.1, 0.15) is 16.7 Å². The molecule has 5 heteroatoms. The summed E-state index contributed by atoms with van der Waals surface area (Å²) >= 11 is 0. The van der Waals surface area contributed by atoms with Crippen molar-refractivity contribution in [2.75, 3.05) is 13.1 Å². The Morgan fingerprint density at radius 2 is 2.06 bits per heavy atom. The maximum atomic E-state index is 12.4. The first kappa shape index (κ1) is 12.4. The van der Waals surface area contributed by atoms with Crippen LogP contribution in [0.15, 0.2) is 29.2 Å². The molecule has 1 aromatic rings. The number of fused-ring (bicyclic) bond motifs is 1. The van der Waals surface area contributed by atoms with E-state index in [1.165, 1.54) is 4.31 Å². The van der Waals surface area contributed by atoms with Crippen LogP contribution in [0.3, 0.4) is 0 Å². The van der Waals surface area contributed by atoms with Gasteiger partial charge in [-0.25, -0.2) is 8.42 Å². The van der Waals surface area contributed by atoms with Gasteiger partial charge < -0.3 is 4.74 Å². The Hall–Kier alpha value is -1.07. The van der Waals surface area contributed by atoms with Crippen LogP contribution < -0.4 is 4.74 Å². The van der Waals surface area contributed by atoms with E-state index in [1.807, 2.05) is 13.8 Å². The highest BCUT2D eigenvalue weighted by molar-refractivity contribution is 7.89. The fourth-order valence-electron chi connectivity index (χ4n) is 1.95. The van der Waals surface area contributed by atoms with Crippen molar-refractivity contribution in [2.24, 2.45) is 0 Å². The molecule has 0 bridgehead atoms. The lowest BCUT2D eigenvalue weighted by molar-refractivity contribution is 0.172. The van der Waals surface area contributed by atoms with Crippen molar-refractivity contribution in [1.29, 1.82) is 0 Å². The second kappa shape index (κ2) is 4.66. The summed E-state index contributed by atoms with van der Waals surface area (Å²) in [6.45, 7) is 4.73. The topological polar surface area (TPSA) is 46.6 Å². The number of nitrogens with zero attached hydrogens (tertiary/aromatic N) is 1. The second-order valence-electron chi connectivity index (χ2n) is 4.05. The Kier molecular flexibility index (Phi) is 3.40. The van der Waals surface area contributed by atoms with Crippen LogP contribution in [-0.2, 0) is 10.0 Å². The Balaban J connectivity index is 2.55. The van der Waals surface area contributed by atoms with Gasteiger partial charge in [-0.1, -0.05) is 26.0 Å². The zero-order valence-corrected chi connectivity index (χ0v) is 10.9. The van der Waals surface area contributed by atoms with Crippen molar-refractivity contribution in [3.8, 4) is 5.75 Å². The number of likely N-dealkylation sites (N-methyl/N-ethyl adjacent to an activating group) is 1. The lowest BCUT2D eigenvalue weighted by Gasteiger charge is -2.20. The van der Waals surface area contributed by atoms with Crippen LogP contribution in [-0.4, -0.2) is 31.9 Å². The van der Waals surface area contributed by atoms with Gasteiger partial charge in [-0.05, 0) is 18.6 Å². The standard InChI is InChI=1S/C12H17NO3S/c1-3-10-9-13(4-2)17(14,15)12-8-6-5-7-11(12)16-10/h5-8,10H,3-4,9H2,1-2H3/t10-/m1/s1. The Labute approximate surface area is 102 Å². The largest absolute Gasteiger partial charge is 0.488 e. The lowest BCUT2D eigenvalue weighted by atomic mass is 10.2. The van der Waals surface area contributed by atoms with E-state index in [4.69, 9.17) is 4.74 Å². The number of hydrogen-bond donors (Lipinski definition) is 0. The van der Waals surface area contributed by atoms with E-state index in [0.717, 1.165) is 6.42 Å². The predicted molar refractivity (Wildman–Crippen MR) is 65.6 cm³/mol. The molecule has 1 aromatic carbocycles. The lowest BCUT2D eigenvalue weighted by Crippen LogP contribution is -2.36. The van der Waals surface area contributed by atoms with Gasteiger partial charge >= 0.3 is 0 Å². The predicted octanol–water partition coefficient (Wildman–Crippen LogP) is 1.87. The molecule has 17 heavy (non-hydrogen) atoms. The van der Waals surface area contributed by atoms with E-state index in [2.05, 4.69) is 0 Å². The Morgan fingerprint density at radius 1 is 1.35 bits per heavy atom. The van der Waals surface area contributed by atoms with E-state index in [1.54, 1.807) is 24.3 Å². The van der Waals surface area contributed by atoms with Crippen molar-refractivity contribution < 1.29 is 13.2 Å². The first-order chi connectivity index (χ1) is 8.09. The van der Waals surface area contributed by atoms with E-state index >= 15 is 0 Å². The van der Waals surface area contributed by atoms with Crippen molar-refractivity contribution in [1.82, 2.24) is 4.31 Å². The molecular formula is C12H17NO3S. The molecule has 0 saturated carbocycles. The highest BCUT2D eigenvalue weighted by Gasteiger charge is 2.32. The molecule has 0 spiro atoms. The Morgan fingerprint density at radius 3 is 2.71 bits per heavy atom. The molecule has 0 fully saturated rings. The van der Waals surface area contributed by atoms with Gasteiger partial charge in [-0.15, -0.1) is 0 Å². The molecule has 1 aliphatic heterocycles. The molecule has 4 nitrogen and oxygen atoms in total. The average molecular weight is 255 g/mol. The van der Waals surface area contributed by atoms with Gasteiger partial charge in [-0.2, -0.15) is 4.31 Å². The van der Waals surface area contributed by atoms with Crippen molar-refractivity contribution in [2.45, 2.75) is 31.3 Å². The third-order valence-electron chi connectivity index (χ3n) is 2.98. The maximum Gasteiger partial charge on any atom is 0.246 e. The first-order valence-electron chi connectivity index (χ1n) is 5.85. The minimum atomic E-state index is -3.40. The number of benzene rings is 1. The van der Waals surface area contributed by atoms with Gasteiger partial charge in [-0.3, -0.25) is 0 Å². The zero-order valence-electron chi connectivity index (χ0n) is 10.1. The Bertz CT molecular complexity index is 498. The molecule has 1 aliphatic rings. The summed E-state index contributed by atoms with van der Waals surface area (Å²) in [4.78, 5) is 0.276. The van der Waals surface area contributed by atoms with Crippen LogP contribution in [0.1, 0.15) is 20.3 Å². The van der Waals surface area contributed by atoms with Gasteiger partial charge in [0.05, 0.1) is 6.54 Å². The summed E-state index contributed by atoms with van der Waals surface area (Å²) in [6, 6.07) is 6.84. The number of sulfonamides is 1. The fourth-order valence-corrected chi connectivity index (χ4v) is 3.55. The summed E-state index contributed by atoms with van der Waals surface area (Å²) < 4.78 is 32.0. The highest BCUT2D eigenvalue weighted by Crippen LogP contribution is 2.31. The molecule has 0 amide bonds. The van der Waals surface area contributed by atoms with E-state index in [-0.39, 0.29) is 11.0 Å². The quantitative estimate of drug-likeness (QED) is 0.810.